The van der Waals surface area contributed by atoms with Gasteiger partial charge in [0.05, 0.1) is 19.5 Å². The highest BCUT2D eigenvalue weighted by Crippen LogP contribution is 2.31. The quantitative estimate of drug-likeness (QED) is 0.596. The molecule has 0 radical (unpaired) electrons. The van der Waals surface area contributed by atoms with Crippen LogP contribution in [0, 0.1) is 6.92 Å². The molecular formula is C20H21N3O4S. The zero-order chi connectivity index (χ0) is 20.1. The highest BCUT2D eigenvalue weighted by Gasteiger charge is 2.19. The molecule has 0 saturated heterocycles. The van der Waals surface area contributed by atoms with Crippen molar-refractivity contribution in [3.63, 3.8) is 0 Å². The van der Waals surface area contributed by atoms with Crippen molar-refractivity contribution in [2.24, 2.45) is 0 Å². The van der Waals surface area contributed by atoms with Gasteiger partial charge in [0.15, 0.2) is 11.5 Å². The molecule has 3 aromatic rings. The summed E-state index contributed by atoms with van der Waals surface area (Å²) in [5.74, 6) is 1.38. The zero-order valence-electron chi connectivity index (χ0n) is 16.1. The van der Waals surface area contributed by atoms with Crippen LogP contribution < -0.4 is 14.8 Å². The molecule has 0 saturated carbocycles. The molecule has 0 fully saturated rings. The molecule has 1 amide bonds. The molecule has 2 aromatic carbocycles. The number of thioether (sulfide) groups is 1. The van der Waals surface area contributed by atoms with Crippen LogP contribution in [0.15, 0.2) is 52.1 Å². The van der Waals surface area contributed by atoms with Crippen LogP contribution in [0.3, 0.4) is 0 Å². The van der Waals surface area contributed by atoms with E-state index in [2.05, 4.69) is 15.5 Å². The van der Waals surface area contributed by atoms with Crippen LogP contribution >= 0.6 is 11.8 Å². The van der Waals surface area contributed by atoms with E-state index in [1.165, 1.54) is 11.8 Å². The Bertz CT molecular complexity index is 974. The van der Waals surface area contributed by atoms with Crippen molar-refractivity contribution in [2.45, 2.75) is 24.3 Å². The predicted molar refractivity (Wildman–Crippen MR) is 108 cm³/mol. The van der Waals surface area contributed by atoms with E-state index in [4.69, 9.17) is 13.9 Å². The van der Waals surface area contributed by atoms with Gasteiger partial charge in [0.2, 0.25) is 11.8 Å². The Morgan fingerprint density at radius 2 is 1.89 bits per heavy atom. The molecule has 0 aliphatic rings. The number of nitrogens with zero attached hydrogens (tertiary/aromatic N) is 2. The summed E-state index contributed by atoms with van der Waals surface area (Å²) >= 11 is 1.20. The van der Waals surface area contributed by atoms with Crippen molar-refractivity contribution < 1.29 is 18.7 Å². The first kappa shape index (κ1) is 19.8. The SMILES string of the molecule is COc1ccc(NC(=O)[C@@H](C)Sc2nnc(-c3cccc(C)c3)o2)cc1OC. The van der Waals surface area contributed by atoms with Gasteiger partial charge in [-0.3, -0.25) is 4.79 Å². The van der Waals surface area contributed by atoms with Crippen molar-refractivity contribution in [1.82, 2.24) is 10.2 Å². The van der Waals surface area contributed by atoms with Crippen molar-refractivity contribution in [2.75, 3.05) is 19.5 Å². The Hall–Kier alpha value is -3.00. The number of ether oxygens (including phenoxy) is 2. The minimum absolute atomic E-state index is 0.187. The standard InChI is InChI=1S/C20H21N3O4S/c1-12-6-5-7-14(10-12)19-22-23-20(27-19)28-13(2)18(24)21-15-8-9-16(25-3)17(11-15)26-4/h5-11,13H,1-4H3,(H,21,24)/t13-/m1/s1. The molecule has 0 aliphatic heterocycles. The van der Waals surface area contributed by atoms with Gasteiger partial charge in [-0.2, -0.15) is 0 Å². The maximum absolute atomic E-state index is 12.5. The summed E-state index contributed by atoms with van der Waals surface area (Å²) in [7, 11) is 3.10. The summed E-state index contributed by atoms with van der Waals surface area (Å²) in [6.45, 7) is 3.77. The monoisotopic (exact) mass is 399 g/mol. The van der Waals surface area contributed by atoms with Crippen molar-refractivity contribution in [1.29, 1.82) is 0 Å². The number of hydrogen-bond donors (Lipinski definition) is 1. The van der Waals surface area contributed by atoms with Crippen LogP contribution in [-0.4, -0.2) is 35.6 Å². The largest absolute Gasteiger partial charge is 0.493 e. The Morgan fingerprint density at radius 1 is 1.11 bits per heavy atom. The molecule has 0 spiro atoms. The fraction of sp³-hybridized carbons (Fsp3) is 0.250. The molecule has 3 rings (SSSR count). The van der Waals surface area contributed by atoms with Gasteiger partial charge in [-0.1, -0.05) is 29.5 Å². The lowest BCUT2D eigenvalue weighted by atomic mass is 10.1. The molecule has 28 heavy (non-hydrogen) atoms. The zero-order valence-corrected chi connectivity index (χ0v) is 16.9. The van der Waals surface area contributed by atoms with Gasteiger partial charge in [0.1, 0.15) is 0 Å². The third-order valence-corrected chi connectivity index (χ3v) is 4.90. The molecule has 1 heterocycles. The van der Waals surface area contributed by atoms with Gasteiger partial charge in [-0.05, 0) is 38.1 Å². The Kier molecular flexibility index (Phi) is 6.20. The van der Waals surface area contributed by atoms with E-state index in [-0.39, 0.29) is 5.91 Å². The first-order chi connectivity index (χ1) is 13.5. The lowest BCUT2D eigenvalue weighted by Gasteiger charge is -2.12. The van der Waals surface area contributed by atoms with E-state index in [0.717, 1.165) is 11.1 Å². The van der Waals surface area contributed by atoms with E-state index < -0.39 is 5.25 Å². The number of carbonyl (C=O) groups excluding carboxylic acids is 1. The molecule has 1 atom stereocenters. The minimum atomic E-state index is -0.432. The Labute approximate surface area is 167 Å². The maximum atomic E-state index is 12.5. The van der Waals surface area contributed by atoms with Crippen molar-refractivity contribution >= 4 is 23.4 Å². The van der Waals surface area contributed by atoms with Crippen LogP contribution in [0.4, 0.5) is 5.69 Å². The number of amides is 1. The van der Waals surface area contributed by atoms with Crippen LogP contribution in [0.2, 0.25) is 0 Å². The first-order valence-electron chi connectivity index (χ1n) is 8.60. The highest BCUT2D eigenvalue weighted by atomic mass is 32.2. The second-order valence-electron chi connectivity index (χ2n) is 6.06. The van der Waals surface area contributed by atoms with E-state index in [1.807, 2.05) is 31.2 Å². The highest BCUT2D eigenvalue weighted by molar-refractivity contribution is 8.00. The predicted octanol–water partition coefficient (Wildman–Crippen LogP) is 4.18. The van der Waals surface area contributed by atoms with E-state index >= 15 is 0 Å². The molecule has 1 aromatic heterocycles. The van der Waals surface area contributed by atoms with Crippen molar-refractivity contribution in [3.05, 3.63) is 48.0 Å². The molecule has 0 aliphatic carbocycles. The van der Waals surface area contributed by atoms with Gasteiger partial charge < -0.3 is 19.2 Å². The topological polar surface area (TPSA) is 86.5 Å². The van der Waals surface area contributed by atoms with Crippen LogP contribution in [0.5, 0.6) is 11.5 Å². The second-order valence-corrected chi connectivity index (χ2v) is 7.35. The Morgan fingerprint density at radius 3 is 2.61 bits per heavy atom. The van der Waals surface area contributed by atoms with Gasteiger partial charge in [-0.15, -0.1) is 10.2 Å². The van der Waals surface area contributed by atoms with Crippen LogP contribution in [0.1, 0.15) is 12.5 Å². The number of benzene rings is 2. The van der Waals surface area contributed by atoms with Crippen LogP contribution in [-0.2, 0) is 4.79 Å². The molecule has 7 nitrogen and oxygen atoms in total. The summed E-state index contributed by atoms with van der Waals surface area (Å²) < 4.78 is 16.1. The first-order valence-corrected chi connectivity index (χ1v) is 9.48. The summed E-state index contributed by atoms with van der Waals surface area (Å²) in [6, 6.07) is 13.0. The molecule has 0 unspecified atom stereocenters. The number of methoxy groups -OCH3 is 2. The fourth-order valence-electron chi connectivity index (χ4n) is 2.51. The minimum Gasteiger partial charge on any atom is -0.493 e. The number of carbonyl (C=O) groups is 1. The molecule has 0 bridgehead atoms. The number of rotatable bonds is 7. The average molecular weight is 399 g/mol. The third-order valence-electron chi connectivity index (χ3n) is 3.97. The summed E-state index contributed by atoms with van der Waals surface area (Å²) in [6.07, 6.45) is 0. The van der Waals surface area contributed by atoms with E-state index in [1.54, 1.807) is 39.3 Å². The second kappa shape index (κ2) is 8.79. The van der Waals surface area contributed by atoms with Gasteiger partial charge >= 0.3 is 0 Å². The molecule has 8 heteroatoms. The number of hydrogen-bond acceptors (Lipinski definition) is 7. The lowest BCUT2D eigenvalue weighted by Crippen LogP contribution is -2.22. The summed E-state index contributed by atoms with van der Waals surface area (Å²) in [4.78, 5) is 12.5. The lowest BCUT2D eigenvalue weighted by molar-refractivity contribution is -0.115. The smallest absolute Gasteiger partial charge is 0.277 e. The summed E-state index contributed by atoms with van der Waals surface area (Å²) in [5.41, 5.74) is 2.57. The van der Waals surface area contributed by atoms with E-state index in [0.29, 0.717) is 28.3 Å². The molecule has 1 N–H and O–H groups in total. The fourth-order valence-corrected chi connectivity index (χ4v) is 3.20. The van der Waals surface area contributed by atoms with Gasteiger partial charge in [0, 0.05) is 17.3 Å². The average Bonchev–Trinajstić information content (AvgIpc) is 3.16. The van der Waals surface area contributed by atoms with E-state index in [9.17, 15) is 4.79 Å². The van der Waals surface area contributed by atoms with Gasteiger partial charge in [-0.25, -0.2) is 0 Å². The maximum Gasteiger partial charge on any atom is 0.277 e. The summed E-state index contributed by atoms with van der Waals surface area (Å²) in [5, 5.41) is 10.9. The molecular weight excluding hydrogens is 378 g/mol. The van der Waals surface area contributed by atoms with Crippen LogP contribution in [0.25, 0.3) is 11.5 Å². The third kappa shape index (κ3) is 4.64. The van der Waals surface area contributed by atoms with Crippen molar-refractivity contribution in [3.8, 4) is 23.0 Å². The normalized spacial score (nSPS) is 11.7. The Balaban J connectivity index is 1.65. The number of anilines is 1. The number of nitrogens with one attached hydrogen (secondary N) is 1. The van der Waals surface area contributed by atoms with Gasteiger partial charge in [0.25, 0.3) is 5.22 Å². The number of aryl methyl sites for hydroxylation is 1. The number of aromatic nitrogens is 2. The molecule has 146 valence electrons.